The number of methoxy groups -OCH3 is 1. The maximum absolute atomic E-state index is 12.6. The van der Waals surface area contributed by atoms with Crippen molar-refractivity contribution in [1.82, 2.24) is 29.9 Å². The first-order valence-corrected chi connectivity index (χ1v) is 9.21. The summed E-state index contributed by atoms with van der Waals surface area (Å²) in [4.78, 5) is 16.9. The fourth-order valence-electron chi connectivity index (χ4n) is 3.26. The van der Waals surface area contributed by atoms with Gasteiger partial charge in [-0.05, 0) is 24.8 Å². The molecule has 0 saturated heterocycles. The van der Waals surface area contributed by atoms with E-state index >= 15 is 0 Å². The molecule has 1 saturated carbocycles. The monoisotopic (exact) mass is 381 g/mol. The van der Waals surface area contributed by atoms with Crippen molar-refractivity contribution in [2.24, 2.45) is 13.0 Å². The number of carbonyl (C=O) groups is 1. The van der Waals surface area contributed by atoms with Gasteiger partial charge < -0.3 is 10.1 Å². The maximum atomic E-state index is 12.6. The van der Waals surface area contributed by atoms with E-state index in [1.54, 1.807) is 28.7 Å². The number of ether oxygens (including phenoxy) is 1. The van der Waals surface area contributed by atoms with Crippen molar-refractivity contribution in [3.05, 3.63) is 54.2 Å². The molecule has 146 valence electrons. The number of aromatic nitrogens is 5. The van der Waals surface area contributed by atoms with Crippen LogP contribution in [0.5, 0.6) is 5.75 Å². The zero-order valence-corrected chi connectivity index (χ0v) is 15.9. The number of hydrogen-bond donors (Lipinski definition) is 2. The summed E-state index contributed by atoms with van der Waals surface area (Å²) < 4.78 is 8.83. The fourth-order valence-corrected chi connectivity index (χ4v) is 3.26. The van der Waals surface area contributed by atoms with Gasteiger partial charge in [-0.2, -0.15) is 10.2 Å². The molecule has 0 spiro atoms. The van der Waals surface area contributed by atoms with Crippen molar-refractivity contribution >= 4 is 11.8 Å². The van der Waals surface area contributed by atoms with Crippen molar-refractivity contribution in [3.8, 4) is 5.75 Å². The highest BCUT2D eigenvalue weighted by atomic mass is 16.5. The molecule has 1 aliphatic rings. The molecule has 1 aromatic carbocycles. The summed E-state index contributed by atoms with van der Waals surface area (Å²) in [5, 5.41) is 14.4. The third kappa shape index (κ3) is 3.83. The molecule has 9 heteroatoms. The molecule has 0 aliphatic heterocycles. The largest absolute Gasteiger partial charge is 0.496 e. The minimum absolute atomic E-state index is 0.155. The Bertz CT molecular complexity index is 961. The predicted octanol–water partition coefficient (Wildman–Crippen LogP) is 2.34. The van der Waals surface area contributed by atoms with Crippen LogP contribution in [0.15, 0.2) is 42.9 Å². The maximum Gasteiger partial charge on any atom is 0.320 e. The Kier molecular flexibility index (Phi) is 4.96. The summed E-state index contributed by atoms with van der Waals surface area (Å²) in [7, 11) is 3.47. The second-order valence-corrected chi connectivity index (χ2v) is 6.84. The van der Waals surface area contributed by atoms with E-state index in [1.165, 1.54) is 6.33 Å². The van der Waals surface area contributed by atoms with E-state index in [4.69, 9.17) is 4.74 Å². The van der Waals surface area contributed by atoms with Gasteiger partial charge in [0, 0.05) is 18.7 Å². The zero-order valence-electron chi connectivity index (χ0n) is 15.9. The molecule has 1 atom stereocenters. The fraction of sp³-hybridized carbons (Fsp3) is 0.368. The number of aryl methyl sites for hydroxylation is 1. The molecular weight excluding hydrogens is 358 g/mol. The molecule has 0 radical (unpaired) electrons. The summed E-state index contributed by atoms with van der Waals surface area (Å²) in [5.41, 5.74) is 0.979. The van der Waals surface area contributed by atoms with E-state index in [2.05, 4.69) is 25.8 Å². The lowest BCUT2D eigenvalue weighted by Gasteiger charge is -2.18. The number of nitrogens with zero attached hydrogens (tertiary/aromatic N) is 5. The van der Waals surface area contributed by atoms with Crippen LogP contribution in [0.25, 0.3) is 0 Å². The van der Waals surface area contributed by atoms with Crippen molar-refractivity contribution in [2.45, 2.75) is 25.4 Å². The molecule has 0 unspecified atom stereocenters. The van der Waals surface area contributed by atoms with Crippen molar-refractivity contribution in [2.75, 3.05) is 12.4 Å². The standard InChI is InChI=1S/C19H23N7O2/c1-25-18(20-12-22-25)17(13-7-8-13)24-19(27)23-16-9-10-21-26(16)11-14-5-3-4-6-15(14)28-2/h3-6,9-10,12-13,17H,7-8,11H2,1-2H3,(H2,23,24,27)/t17-/m0/s1. The van der Waals surface area contributed by atoms with Gasteiger partial charge in [0.2, 0.25) is 0 Å². The van der Waals surface area contributed by atoms with Crippen LogP contribution in [0.3, 0.4) is 0 Å². The van der Waals surface area contributed by atoms with Gasteiger partial charge in [-0.1, -0.05) is 18.2 Å². The Morgan fingerprint density at radius 2 is 2.11 bits per heavy atom. The van der Waals surface area contributed by atoms with E-state index in [0.717, 1.165) is 30.0 Å². The van der Waals surface area contributed by atoms with Crippen LogP contribution in [0.1, 0.15) is 30.3 Å². The molecule has 1 aliphatic carbocycles. The first-order valence-electron chi connectivity index (χ1n) is 9.21. The molecule has 3 aromatic rings. The summed E-state index contributed by atoms with van der Waals surface area (Å²) >= 11 is 0. The molecule has 4 rings (SSSR count). The van der Waals surface area contributed by atoms with Gasteiger partial charge in [-0.25, -0.2) is 14.5 Å². The van der Waals surface area contributed by atoms with Gasteiger partial charge in [-0.15, -0.1) is 0 Å². The molecular formula is C19H23N7O2. The number of benzene rings is 1. The SMILES string of the molecule is COc1ccccc1Cn1nccc1NC(=O)N[C@H](c1ncnn1C)C1CC1. The Hall–Kier alpha value is -3.36. The predicted molar refractivity (Wildman–Crippen MR) is 103 cm³/mol. The molecule has 0 bridgehead atoms. The van der Waals surface area contributed by atoms with E-state index in [9.17, 15) is 4.79 Å². The van der Waals surface area contributed by atoms with E-state index in [1.807, 2.05) is 31.3 Å². The third-order valence-corrected chi connectivity index (χ3v) is 4.88. The van der Waals surface area contributed by atoms with Gasteiger partial charge in [0.25, 0.3) is 0 Å². The van der Waals surface area contributed by atoms with Crippen LogP contribution in [-0.2, 0) is 13.6 Å². The van der Waals surface area contributed by atoms with Crippen LogP contribution < -0.4 is 15.4 Å². The zero-order chi connectivity index (χ0) is 19.5. The number of urea groups is 1. The molecule has 2 N–H and O–H groups in total. The number of para-hydroxylation sites is 1. The third-order valence-electron chi connectivity index (χ3n) is 4.88. The summed E-state index contributed by atoms with van der Waals surface area (Å²) in [6.07, 6.45) is 5.31. The minimum atomic E-state index is -0.290. The van der Waals surface area contributed by atoms with E-state index < -0.39 is 0 Å². The number of carbonyl (C=O) groups excluding carboxylic acids is 1. The summed E-state index contributed by atoms with van der Waals surface area (Å²) in [5.74, 6) is 2.55. The lowest BCUT2D eigenvalue weighted by molar-refractivity contribution is 0.245. The molecule has 2 amide bonds. The second-order valence-electron chi connectivity index (χ2n) is 6.84. The first-order chi connectivity index (χ1) is 13.7. The molecule has 28 heavy (non-hydrogen) atoms. The number of rotatable bonds is 7. The summed E-state index contributed by atoms with van der Waals surface area (Å²) in [6, 6.07) is 9.06. The van der Waals surface area contributed by atoms with Gasteiger partial charge in [0.05, 0.1) is 25.9 Å². The number of anilines is 1. The highest BCUT2D eigenvalue weighted by molar-refractivity contribution is 5.88. The van der Waals surface area contributed by atoms with E-state index in [-0.39, 0.29) is 12.1 Å². The van der Waals surface area contributed by atoms with Gasteiger partial charge in [-0.3, -0.25) is 10.00 Å². The molecule has 9 nitrogen and oxygen atoms in total. The Balaban J connectivity index is 1.45. The normalized spacial score (nSPS) is 14.5. The van der Waals surface area contributed by atoms with Gasteiger partial charge in [0.15, 0.2) is 0 Å². The highest BCUT2D eigenvalue weighted by Gasteiger charge is 2.36. The molecule has 1 fully saturated rings. The quantitative estimate of drug-likeness (QED) is 0.654. The van der Waals surface area contributed by atoms with Gasteiger partial charge in [0.1, 0.15) is 23.7 Å². The van der Waals surface area contributed by atoms with Gasteiger partial charge >= 0.3 is 6.03 Å². The Morgan fingerprint density at radius 3 is 2.82 bits per heavy atom. The Morgan fingerprint density at radius 1 is 1.29 bits per heavy atom. The Labute approximate surface area is 162 Å². The second kappa shape index (κ2) is 7.71. The lowest BCUT2D eigenvalue weighted by atomic mass is 10.2. The van der Waals surface area contributed by atoms with Crippen LogP contribution in [0.4, 0.5) is 10.6 Å². The van der Waals surface area contributed by atoms with Crippen LogP contribution in [0, 0.1) is 5.92 Å². The van der Waals surface area contributed by atoms with Crippen LogP contribution >= 0.6 is 0 Å². The average molecular weight is 381 g/mol. The lowest BCUT2D eigenvalue weighted by Crippen LogP contribution is -2.35. The van der Waals surface area contributed by atoms with Crippen molar-refractivity contribution < 1.29 is 9.53 Å². The van der Waals surface area contributed by atoms with Crippen LogP contribution in [-0.4, -0.2) is 37.7 Å². The number of amides is 2. The first kappa shape index (κ1) is 18.0. The molecule has 2 aromatic heterocycles. The van der Waals surface area contributed by atoms with Crippen molar-refractivity contribution in [1.29, 1.82) is 0 Å². The summed E-state index contributed by atoms with van der Waals surface area (Å²) in [6.45, 7) is 0.488. The highest BCUT2D eigenvalue weighted by Crippen LogP contribution is 2.40. The van der Waals surface area contributed by atoms with Crippen molar-refractivity contribution in [3.63, 3.8) is 0 Å². The van der Waals surface area contributed by atoms with E-state index in [0.29, 0.717) is 18.3 Å². The number of hydrogen-bond acceptors (Lipinski definition) is 5. The average Bonchev–Trinajstić information content (AvgIpc) is 3.32. The smallest absolute Gasteiger partial charge is 0.320 e. The topological polar surface area (TPSA) is 98.9 Å². The number of nitrogens with one attached hydrogen (secondary N) is 2. The van der Waals surface area contributed by atoms with Crippen LogP contribution in [0.2, 0.25) is 0 Å². The minimum Gasteiger partial charge on any atom is -0.496 e. The molecule has 2 heterocycles.